The maximum Gasteiger partial charge on any atom is 0.141 e. The Balaban J connectivity index is 1.31. The van der Waals surface area contributed by atoms with E-state index >= 15 is 0 Å². The van der Waals surface area contributed by atoms with Crippen LogP contribution in [0.4, 0.5) is 10.2 Å². The highest BCUT2D eigenvalue weighted by molar-refractivity contribution is 7.17. The Labute approximate surface area is 185 Å². The van der Waals surface area contributed by atoms with E-state index in [1.54, 1.807) is 17.7 Å². The van der Waals surface area contributed by atoms with Crippen LogP contribution < -0.4 is 4.90 Å². The van der Waals surface area contributed by atoms with E-state index in [1.807, 2.05) is 18.2 Å². The van der Waals surface area contributed by atoms with Crippen LogP contribution in [0.2, 0.25) is 0 Å². The normalized spacial score (nSPS) is 15.2. The molecule has 0 aliphatic carbocycles. The van der Waals surface area contributed by atoms with Crippen LogP contribution in [-0.2, 0) is 0 Å². The van der Waals surface area contributed by atoms with Gasteiger partial charge in [0.05, 0.1) is 5.39 Å². The highest BCUT2D eigenvalue weighted by Gasteiger charge is 2.22. The zero-order valence-corrected chi connectivity index (χ0v) is 17.9. The first kappa shape index (κ1) is 19.8. The summed E-state index contributed by atoms with van der Waals surface area (Å²) in [7, 11) is 0. The van der Waals surface area contributed by atoms with Crippen molar-refractivity contribution >= 4 is 33.4 Å². The summed E-state index contributed by atoms with van der Waals surface area (Å²) in [6, 6.07) is 17.1. The Kier molecular flexibility index (Phi) is 5.74. The molecule has 0 N–H and O–H groups in total. The number of piperazine rings is 1. The average molecular weight is 431 g/mol. The van der Waals surface area contributed by atoms with Gasteiger partial charge in [0.15, 0.2) is 0 Å². The fraction of sp³-hybridized carbons (Fsp3) is 0.200. The molecule has 0 radical (unpaired) electrons. The van der Waals surface area contributed by atoms with E-state index in [1.165, 1.54) is 17.7 Å². The monoisotopic (exact) mass is 430 g/mol. The number of thiophene rings is 1. The maximum atomic E-state index is 13.4. The van der Waals surface area contributed by atoms with Crippen LogP contribution in [0, 0.1) is 5.82 Å². The van der Waals surface area contributed by atoms with Crippen molar-refractivity contribution in [3.63, 3.8) is 0 Å². The zero-order chi connectivity index (χ0) is 21.0. The number of benzene rings is 2. The smallest absolute Gasteiger partial charge is 0.141 e. The van der Waals surface area contributed by atoms with Gasteiger partial charge in [-0.3, -0.25) is 4.90 Å². The molecule has 0 saturated carbocycles. The molecule has 0 atom stereocenters. The van der Waals surface area contributed by atoms with Crippen LogP contribution in [0.25, 0.3) is 27.4 Å². The standard InChI is InChI=1S/C25H23FN4S/c26-21-10-8-20(9-11-21)22-17-31-25-23(22)24(27-18-28-25)30-15-13-29(14-16-30)12-4-7-19-5-2-1-3-6-19/h1-11,17-18H,12-16H2/b7-4+. The number of anilines is 1. The number of fused-ring (bicyclic) bond motifs is 1. The lowest BCUT2D eigenvalue weighted by molar-refractivity contribution is 0.284. The van der Waals surface area contributed by atoms with Gasteiger partial charge in [-0.05, 0) is 23.3 Å². The molecule has 156 valence electrons. The van der Waals surface area contributed by atoms with Gasteiger partial charge < -0.3 is 4.90 Å². The second-order valence-corrected chi connectivity index (χ2v) is 8.49. The summed E-state index contributed by atoms with van der Waals surface area (Å²) >= 11 is 1.61. The first-order valence-electron chi connectivity index (χ1n) is 10.4. The lowest BCUT2D eigenvalue weighted by Crippen LogP contribution is -2.46. The van der Waals surface area contributed by atoms with E-state index in [4.69, 9.17) is 0 Å². The third-order valence-electron chi connectivity index (χ3n) is 5.65. The summed E-state index contributed by atoms with van der Waals surface area (Å²) in [5.74, 6) is 0.752. The van der Waals surface area contributed by atoms with Gasteiger partial charge >= 0.3 is 0 Å². The molecule has 4 nitrogen and oxygen atoms in total. The first-order valence-corrected chi connectivity index (χ1v) is 11.3. The van der Waals surface area contributed by atoms with Crippen LogP contribution >= 0.6 is 11.3 Å². The Morgan fingerprint density at radius 1 is 0.935 bits per heavy atom. The van der Waals surface area contributed by atoms with Gasteiger partial charge in [-0.25, -0.2) is 14.4 Å². The fourth-order valence-corrected chi connectivity index (χ4v) is 4.90. The van der Waals surface area contributed by atoms with E-state index in [0.29, 0.717) is 0 Å². The van der Waals surface area contributed by atoms with Crippen molar-refractivity contribution in [1.82, 2.24) is 14.9 Å². The van der Waals surface area contributed by atoms with Gasteiger partial charge in [-0.2, -0.15) is 0 Å². The number of halogens is 1. The molecule has 0 bridgehead atoms. The van der Waals surface area contributed by atoms with Crippen molar-refractivity contribution in [2.45, 2.75) is 0 Å². The van der Waals surface area contributed by atoms with Crippen LogP contribution in [-0.4, -0.2) is 47.6 Å². The molecule has 2 aromatic heterocycles. The topological polar surface area (TPSA) is 32.3 Å². The Morgan fingerprint density at radius 3 is 2.48 bits per heavy atom. The largest absolute Gasteiger partial charge is 0.353 e. The van der Waals surface area contributed by atoms with Crippen molar-refractivity contribution in [2.75, 3.05) is 37.6 Å². The molecule has 0 spiro atoms. The number of rotatable bonds is 5. The molecular weight excluding hydrogens is 407 g/mol. The van der Waals surface area contributed by atoms with Gasteiger partial charge in [-0.15, -0.1) is 11.3 Å². The summed E-state index contributed by atoms with van der Waals surface area (Å²) in [4.78, 5) is 14.9. The molecule has 0 unspecified atom stereocenters. The highest BCUT2D eigenvalue weighted by atomic mass is 32.1. The van der Waals surface area contributed by atoms with Gasteiger partial charge in [0.2, 0.25) is 0 Å². The second kappa shape index (κ2) is 8.96. The van der Waals surface area contributed by atoms with Crippen molar-refractivity contribution in [2.24, 2.45) is 0 Å². The molecule has 3 heterocycles. The number of aromatic nitrogens is 2. The van der Waals surface area contributed by atoms with Crippen molar-refractivity contribution in [3.8, 4) is 11.1 Å². The minimum absolute atomic E-state index is 0.225. The van der Waals surface area contributed by atoms with Gasteiger partial charge in [0.25, 0.3) is 0 Å². The SMILES string of the molecule is Fc1ccc(-c2csc3ncnc(N4CCN(C/C=C/c5ccccc5)CC4)c23)cc1. The first-order chi connectivity index (χ1) is 15.3. The predicted octanol–water partition coefficient (Wildman–Crippen LogP) is 5.33. The second-order valence-electron chi connectivity index (χ2n) is 7.63. The maximum absolute atomic E-state index is 13.4. The molecule has 1 saturated heterocycles. The summed E-state index contributed by atoms with van der Waals surface area (Å²) in [5.41, 5.74) is 3.30. The summed E-state index contributed by atoms with van der Waals surface area (Å²) < 4.78 is 13.4. The lowest BCUT2D eigenvalue weighted by atomic mass is 10.1. The summed E-state index contributed by atoms with van der Waals surface area (Å²) in [6.07, 6.45) is 6.07. The molecule has 1 fully saturated rings. The molecule has 6 heteroatoms. The fourth-order valence-electron chi connectivity index (χ4n) is 3.99. The molecule has 1 aliphatic rings. The third kappa shape index (κ3) is 4.36. The molecule has 0 amide bonds. The Hall–Kier alpha value is -3.09. The van der Waals surface area contributed by atoms with E-state index in [2.05, 4.69) is 61.6 Å². The van der Waals surface area contributed by atoms with Gasteiger partial charge in [-0.1, -0.05) is 54.6 Å². The minimum atomic E-state index is -0.225. The molecule has 1 aliphatic heterocycles. The number of nitrogens with zero attached hydrogens (tertiary/aromatic N) is 4. The third-order valence-corrected chi connectivity index (χ3v) is 6.54. The molecule has 31 heavy (non-hydrogen) atoms. The van der Waals surface area contributed by atoms with Crippen LogP contribution in [0.3, 0.4) is 0 Å². The van der Waals surface area contributed by atoms with Crippen molar-refractivity contribution < 1.29 is 4.39 Å². The van der Waals surface area contributed by atoms with E-state index in [9.17, 15) is 4.39 Å². The quantitative estimate of drug-likeness (QED) is 0.428. The van der Waals surface area contributed by atoms with Crippen LogP contribution in [0.1, 0.15) is 5.56 Å². The molecule has 5 rings (SSSR count). The van der Waals surface area contributed by atoms with Gasteiger partial charge in [0.1, 0.15) is 22.8 Å². The van der Waals surface area contributed by atoms with E-state index in [-0.39, 0.29) is 5.82 Å². The summed E-state index contributed by atoms with van der Waals surface area (Å²) in [5, 5.41) is 3.16. The van der Waals surface area contributed by atoms with Crippen LogP contribution in [0.5, 0.6) is 0 Å². The predicted molar refractivity (Wildman–Crippen MR) is 127 cm³/mol. The van der Waals surface area contributed by atoms with Crippen molar-refractivity contribution in [3.05, 3.63) is 83.8 Å². The molecular formula is C25H23FN4S. The molecule has 2 aromatic carbocycles. The van der Waals surface area contributed by atoms with E-state index < -0.39 is 0 Å². The lowest BCUT2D eigenvalue weighted by Gasteiger charge is -2.35. The van der Waals surface area contributed by atoms with Crippen molar-refractivity contribution in [1.29, 1.82) is 0 Å². The van der Waals surface area contributed by atoms with E-state index in [0.717, 1.165) is 59.9 Å². The van der Waals surface area contributed by atoms with Gasteiger partial charge in [0, 0.05) is 43.7 Å². The minimum Gasteiger partial charge on any atom is -0.353 e. The average Bonchev–Trinajstić information content (AvgIpc) is 3.25. The zero-order valence-electron chi connectivity index (χ0n) is 17.1. The molecule has 4 aromatic rings. The number of hydrogen-bond acceptors (Lipinski definition) is 5. The highest BCUT2D eigenvalue weighted by Crippen LogP contribution is 2.38. The number of hydrogen-bond donors (Lipinski definition) is 0. The summed E-state index contributed by atoms with van der Waals surface area (Å²) in [6.45, 7) is 4.76. The Morgan fingerprint density at radius 2 is 1.71 bits per heavy atom. The Bertz CT molecular complexity index is 1180. The van der Waals surface area contributed by atoms with Crippen LogP contribution in [0.15, 0.2) is 72.4 Å².